The fraction of sp³-hybridized carbons (Fsp3) is 0.306. The fourth-order valence-corrected chi connectivity index (χ4v) is 5.84. The van der Waals surface area contributed by atoms with Gasteiger partial charge in [-0.05, 0) is 68.2 Å². The first-order valence-electron chi connectivity index (χ1n) is 15.8. The third-order valence-electron chi connectivity index (χ3n) is 8.59. The van der Waals surface area contributed by atoms with Crippen LogP contribution in [0.2, 0.25) is 0 Å². The molecule has 6 rings (SSSR count). The van der Waals surface area contributed by atoms with Gasteiger partial charge in [-0.1, -0.05) is 30.8 Å². The number of carbonyl (C=O) groups excluding carboxylic acids is 1. The first-order valence-corrected chi connectivity index (χ1v) is 15.8. The number of likely N-dealkylation sites (N-methyl/N-ethyl adjacent to an activating group) is 2. The number of nitrogens with zero attached hydrogens (tertiary/aromatic N) is 6. The van der Waals surface area contributed by atoms with Crippen molar-refractivity contribution in [1.82, 2.24) is 19.8 Å². The molecule has 4 aromatic rings. The minimum atomic E-state index is -0.275. The number of anilines is 6. The van der Waals surface area contributed by atoms with Crippen LogP contribution in [0, 0.1) is 5.82 Å². The standard InChI is InChI=1S/C36H41FN8O/c1-4-31(46)22-26-7-5-8-27(21-26)33-25-35(38-29-11-12-34(32(37)24-29)45-19-15-43(3)16-20-45)41-36(40-33)39-28-9-6-10-30(23-28)44-17-13-42(2)14-18-44/h4-12,21,23-25H,1,13-20,22H2,2-3H3,(H2,38,39,40,41). The Bertz CT molecular complexity index is 1700. The number of ketones is 1. The van der Waals surface area contributed by atoms with E-state index in [0.29, 0.717) is 28.8 Å². The molecular formula is C36H41FN8O. The molecule has 10 heteroatoms. The summed E-state index contributed by atoms with van der Waals surface area (Å²) < 4.78 is 15.4. The lowest BCUT2D eigenvalue weighted by atomic mass is 10.0. The smallest absolute Gasteiger partial charge is 0.229 e. The molecule has 2 aliphatic rings. The maximum absolute atomic E-state index is 15.4. The van der Waals surface area contributed by atoms with Crippen molar-refractivity contribution in [2.24, 2.45) is 0 Å². The summed E-state index contributed by atoms with van der Waals surface area (Å²) in [6.07, 6.45) is 1.60. The first kappa shape index (κ1) is 31.2. The summed E-state index contributed by atoms with van der Waals surface area (Å²) >= 11 is 0. The van der Waals surface area contributed by atoms with E-state index in [0.717, 1.165) is 74.9 Å². The molecule has 0 bridgehead atoms. The number of aromatic nitrogens is 2. The monoisotopic (exact) mass is 620 g/mol. The molecule has 238 valence electrons. The summed E-state index contributed by atoms with van der Waals surface area (Å²) in [7, 11) is 4.23. The summed E-state index contributed by atoms with van der Waals surface area (Å²) in [5.41, 5.74) is 5.58. The molecule has 0 radical (unpaired) electrons. The van der Waals surface area contributed by atoms with Crippen LogP contribution in [0.25, 0.3) is 11.3 Å². The maximum atomic E-state index is 15.4. The quantitative estimate of drug-likeness (QED) is 0.221. The molecule has 3 heterocycles. The third-order valence-corrected chi connectivity index (χ3v) is 8.59. The third kappa shape index (κ3) is 7.70. The van der Waals surface area contributed by atoms with E-state index in [-0.39, 0.29) is 18.0 Å². The van der Waals surface area contributed by atoms with Crippen molar-refractivity contribution in [3.63, 3.8) is 0 Å². The van der Waals surface area contributed by atoms with Crippen LogP contribution in [-0.2, 0) is 11.2 Å². The van der Waals surface area contributed by atoms with Gasteiger partial charge in [0.15, 0.2) is 5.78 Å². The number of carbonyl (C=O) groups is 1. The Kier molecular flexibility index (Phi) is 9.56. The van der Waals surface area contributed by atoms with Crippen LogP contribution in [0.1, 0.15) is 5.56 Å². The van der Waals surface area contributed by atoms with Gasteiger partial charge in [0.2, 0.25) is 5.95 Å². The van der Waals surface area contributed by atoms with Crippen LogP contribution in [-0.4, -0.2) is 92.0 Å². The molecule has 1 aromatic heterocycles. The highest BCUT2D eigenvalue weighted by atomic mass is 19.1. The Labute approximate surface area is 270 Å². The van der Waals surface area contributed by atoms with Crippen LogP contribution >= 0.6 is 0 Å². The van der Waals surface area contributed by atoms with Crippen molar-refractivity contribution >= 4 is 40.3 Å². The molecule has 2 saturated heterocycles. The van der Waals surface area contributed by atoms with Crippen molar-refractivity contribution in [3.8, 4) is 11.3 Å². The highest BCUT2D eigenvalue weighted by Crippen LogP contribution is 2.30. The molecule has 2 aliphatic heterocycles. The lowest BCUT2D eigenvalue weighted by molar-refractivity contribution is -0.114. The largest absolute Gasteiger partial charge is 0.369 e. The average Bonchev–Trinajstić information content (AvgIpc) is 3.06. The van der Waals surface area contributed by atoms with Gasteiger partial charge in [0, 0.05) is 87.5 Å². The second-order valence-corrected chi connectivity index (χ2v) is 12.1. The van der Waals surface area contributed by atoms with E-state index in [4.69, 9.17) is 9.97 Å². The number of benzene rings is 3. The van der Waals surface area contributed by atoms with Crippen molar-refractivity contribution in [1.29, 1.82) is 0 Å². The van der Waals surface area contributed by atoms with Gasteiger partial charge in [-0.15, -0.1) is 0 Å². The van der Waals surface area contributed by atoms with Crippen LogP contribution < -0.4 is 20.4 Å². The minimum absolute atomic E-state index is 0.0492. The number of allylic oxidation sites excluding steroid dienone is 1. The molecule has 0 spiro atoms. The van der Waals surface area contributed by atoms with Crippen molar-refractivity contribution in [2.45, 2.75) is 6.42 Å². The van der Waals surface area contributed by atoms with Gasteiger partial charge in [-0.25, -0.2) is 9.37 Å². The Morgan fingerprint density at radius 2 is 1.50 bits per heavy atom. The van der Waals surface area contributed by atoms with Gasteiger partial charge in [0.1, 0.15) is 11.6 Å². The summed E-state index contributed by atoms with van der Waals surface area (Å²) in [5, 5.41) is 6.70. The van der Waals surface area contributed by atoms with E-state index < -0.39 is 0 Å². The lowest BCUT2D eigenvalue weighted by Gasteiger charge is -2.34. The average molecular weight is 621 g/mol. The van der Waals surface area contributed by atoms with Gasteiger partial charge in [0.25, 0.3) is 0 Å². The van der Waals surface area contributed by atoms with E-state index in [2.05, 4.69) is 63.0 Å². The summed E-state index contributed by atoms with van der Waals surface area (Å²) in [4.78, 5) is 30.8. The maximum Gasteiger partial charge on any atom is 0.229 e. The van der Waals surface area contributed by atoms with E-state index >= 15 is 4.39 Å². The van der Waals surface area contributed by atoms with Crippen LogP contribution in [0.5, 0.6) is 0 Å². The van der Waals surface area contributed by atoms with Gasteiger partial charge in [0.05, 0.1) is 11.4 Å². The van der Waals surface area contributed by atoms with Gasteiger partial charge in [-0.2, -0.15) is 4.98 Å². The second kappa shape index (κ2) is 14.1. The van der Waals surface area contributed by atoms with Crippen LogP contribution in [0.15, 0.2) is 85.5 Å². The molecule has 0 saturated carbocycles. The molecule has 9 nitrogen and oxygen atoms in total. The number of piperazine rings is 2. The molecule has 2 fully saturated rings. The summed E-state index contributed by atoms with van der Waals surface area (Å²) in [6.45, 7) is 11.0. The first-order chi connectivity index (χ1) is 22.3. The van der Waals surface area contributed by atoms with Gasteiger partial charge in [-0.3, -0.25) is 4.79 Å². The molecule has 0 unspecified atom stereocenters. The number of halogens is 1. The van der Waals surface area contributed by atoms with E-state index in [9.17, 15) is 4.79 Å². The highest BCUT2D eigenvalue weighted by Gasteiger charge is 2.19. The Balaban J connectivity index is 1.29. The molecule has 3 aromatic carbocycles. The van der Waals surface area contributed by atoms with Crippen molar-refractivity contribution < 1.29 is 9.18 Å². The molecule has 0 amide bonds. The topological polar surface area (TPSA) is 79.9 Å². The molecule has 46 heavy (non-hydrogen) atoms. The number of hydrogen-bond donors (Lipinski definition) is 2. The lowest BCUT2D eigenvalue weighted by Crippen LogP contribution is -2.44. The predicted molar refractivity (Wildman–Crippen MR) is 185 cm³/mol. The van der Waals surface area contributed by atoms with E-state index in [1.165, 1.54) is 12.1 Å². The Hall–Kier alpha value is -4.80. The molecule has 0 aliphatic carbocycles. The predicted octanol–water partition coefficient (Wildman–Crippen LogP) is 5.57. The number of nitrogens with one attached hydrogen (secondary N) is 2. The summed E-state index contributed by atoms with van der Waals surface area (Å²) in [5.74, 6) is 0.592. The zero-order valence-electron chi connectivity index (χ0n) is 26.5. The summed E-state index contributed by atoms with van der Waals surface area (Å²) in [6, 6.07) is 23.1. The van der Waals surface area contributed by atoms with Crippen LogP contribution in [0.4, 0.5) is 38.9 Å². The number of hydrogen-bond acceptors (Lipinski definition) is 9. The Morgan fingerprint density at radius 3 is 2.22 bits per heavy atom. The van der Waals surface area contributed by atoms with Crippen LogP contribution in [0.3, 0.4) is 0 Å². The van der Waals surface area contributed by atoms with Gasteiger partial charge < -0.3 is 30.2 Å². The molecule has 2 N–H and O–H groups in total. The molecular weight excluding hydrogens is 579 g/mol. The zero-order chi connectivity index (χ0) is 32.0. The fourth-order valence-electron chi connectivity index (χ4n) is 5.84. The highest BCUT2D eigenvalue weighted by molar-refractivity contribution is 5.91. The van der Waals surface area contributed by atoms with Crippen molar-refractivity contribution in [3.05, 3.63) is 96.8 Å². The zero-order valence-corrected chi connectivity index (χ0v) is 26.5. The van der Waals surface area contributed by atoms with Gasteiger partial charge >= 0.3 is 0 Å². The van der Waals surface area contributed by atoms with E-state index in [1.54, 1.807) is 0 Å². The second-order valence-electron chi connectivity index (χ2n) is 12.1. The van der Waals surface area contributed by atoms with E-state index in [1.807, 2.05) is 54.6 Å². The normalized spacial score (nSPS) is 15.9. The number of rotatable bonds is 10. The molecule has 0 atom stereocenters. The minimum Gasteiger partial charge on any atom is -0.369 e. The SMILES string of the molecule is C=CC(=O)Cc1cccc(-c2cc(Nc3ccc(N4CCN(C)CC4)c(F)c3)nc(Nc3cccc(N4CCN(C)CC4)c3)n2)c1. The Morgan fingerprint density at radius 1 is 0.804 bits per heavy atom. The van der Waals surface area contributed by atoms with Crippen molar-refractivity contribution in [2.75, 3.05) is 86.9 Å².